The number of carbonyl (C=O) groups is 1. The lowest BCUT2D eigenvalue weighted by Gasteiger charge is -2.09. The van der Waals surface area contributed by atoms with E-state index in [2.05, 4.69) is 22.1 Å². The molecular weight excluding hydrogens is 478 g/mol. The number of halogens is 3. The number of rotatable bonds is 10. The average molecular weight is 497 g/mol. The Morgan fingerprint density at radius 1 is 1.13 bits per heavy atom. The summed E-state index contributed by atoms with van der Waals surface area (Å²) in [5.74, 6) is 1.85. The number of amides is 1. The fourth-order valence-corrected chi connectivity index (χ4v) is 4.86. The van der Waals surface area contributed by atoms with E-state index in [9.17, 15) is 9.18 Å². The summed E-state index contributed by atoms with van der Waals surface area (Å²) < 4.78 is 15.0. The van der Waals surface area contributed by atoms with Crippen LogP contribution in [0.5, 0.6) is 0 Å². The van der Waals surface area contributed by atoms with Crippen LogP contribution in [0.25, 0.3) is 0 Å². The second-order valence-corrected chi connectivity index (χ2v) is 9.21. The molecule has 0 unspecified atom stereocenters. The minimum atomic E-state index is -0.247. The average Bonchev–Trinajstić information content (AvgIpc) is 3.09. The fraction of sp³-hybridized carbons (Fsp3) is 0.190. The van der Waals surface area contributed by atoms with Gasteiger partial charge in [0.1, 0.15) is 11.6 Å². The zero-order valence-corrected chi connectivity index (χ0v) is 19.5. The van der Waals surface area contributed by atoms with E-state index in [1.54, 1.807) is 48.2 Å². The van der Waals surface area contributed by atoms with Crippen LogP contribution in [0.4, 0.5) is 10.1 Å². The third-order valence-corrected chi connectivity index (χ3v) is 6.40. The third kappa shape index (κ3) is 7.28. The number of allylic oxidation sites excluding steroid dienone is 1. The second kappa shape index (κ2) is 11.6. The molecule has 1 amide bonds. The van der Waals surface area contributed by atoms with Crippen molar-refractivity contribution < 1.29 is 9.18 Å². The molecule has 0 spiro atoms. The highest BCUT2D eigenvalue weighted by atomic mass is 35.5. The molecule has 0 radical (unpaired) electrons. The molecule has 0 atom stereocenters. The van der Waals surface area contributed by atoms with Gasteiger partial charge in [-0.2, -0.15) is 0 Å². The van der Waals surface area contributed by atoms with Crippen molar-refractivity contribution in [3.8, 4) is 0 Å². The summed E-state index contributed by atoms with van der Waals surface area (Å²) in [5, 5.41) is 12.8. The molecule has 0 bridgehead atoms. The van der Waals surface area contributed by atoms with Crippen molar-refractivity contribution in [2.45, 2.75) is 23.2 Å². The minimum Gasteiger partial charge on any atom is -0.325 e. The normalized spacial score (nSPS) is 10.8. The first-order valence-electron chi connectivity index (χ1n) is 9.18. The van der Waals surface area contributed by atoms with Gasteiger partial charge in [0.2, 0.25) is 5.91 Å². The van der Waals surface area contributed by atoms with E-state index in [-0.39, 0.29) is 17.5 Å². The summed E-state index contributed by atoms with van der Waals surface area (Å²) in [6.45, 7) is 4.32. The number of anilines is 1. The molecule has 3 rings (SSSR count). The van der Waals surface area contributed by atoms with E-state index in [1.807, 2.05) is 4.57 Å². The number of hydrogen-bond donors (Lipinski definition) is 1. The minimum absolute atomic E-state index is 0.155. The van der Waals surface area contributed by atoms with Gasteiger partial charge in [0, 0.05) is 28.0 Å². The number of nitrogens with one attached hydrogen (secondary N) is 1. The van der Waals surface area contributed by atoms with Gasteiger partial charge in [-0.15, -0.1) is 28.5 Å². The Morgan fingerprint density at radius 2 is 1.84 bits per heavy atom. The number of nitrogens with zero attached hydrogens (tertiary/aromatic N) is 3. The molecule has 3 aromatic rings. The Morgan fingerprint density at radius 3 is 2.52 bits per heavy atom. The van der Waals surface area contributed by atoms with Gasteiger partial charge < -0.3 is 9.88 Å². The highest BCUT2D eigenvalue weighted by molar-refractivity contribution is 7.99. The second-order valence-electron chi connectivity index (χ2n) is 6.41. The first kappa shape index (κ1) is 23.7. The first-order valence-corrected chi connectivity index (χ1v) is 12.1. The SMILES string of the molecule is C=CCn1c(CSCc2ccc(F)cc2)nnc1SCC(=O)Nc1cc(Cl)cc(Cl)c1. The maximum absolute atomic E-state index is 13.0. The van der Waals surface area contributed by atoms with E-state index in [0.717, 1.165) is 17.1 Å². The van der Waals surface area contributed by atoms with Gasteiger partial charge in [0.15, 0.2) is 5.16 Å². The Balaban J connectivity index is 1.56. The predicted molar refractivity (Wildman–Crippen MR) is 127 cm³/mol. The van der Waals surface area contributed by atoms with Crippen molar-refractivity contribution in [2.24, 2.45) is 0 Å². The summed E-state index contributed by atoms with van der Waals surface area (Å²) in [7, 11) is 0. The zero-order valence-electron chi connectivity index (χ0n) is 16.4. The van der Waals surface area contributed by atoms with E-state index in [1.165, 1.54) is 23.9 Å². The molecule has 1 aromatic heterocycles. The Bertz CT molecular complexity index is 1040. The van der Waals surface area contributed by atoms with Crippen LogP contribution in [-0.2, 0) is 22.8 Å². The van der Waals surface area contributed by atoms with Crippen molar-refractivity contribution in [3.05, 3.63) is 82.4 Å². The molecule has 2 aromatic carbocycles. The van der Waals surface area contributed by atoms with E-state index in [0.29, 0.717) is 33.2 Å². The monoisotopic (exact) mass is 496 g/mol. The Hall–Kier alpha value is -2.00. The van der Waals surface area contributed by atoms with Crippen LogP contribution >= 0.6 is 46.7 Å². The molecule has 0 saturated carbocycles. The highest BCUT2D eigenvalue weighted by Crippen LogP contribution is 2.24. The molecule has 10 heteroatoms. The molecule has 162 valence electrons. The first-order chi connectivity index (χ1) is 14.9. The number of benzene rings is 2. The van der Waals surface area contributed by atoms with Crippen molar-refractivity contribution in [2.75, 3.05) is 11.1 Å². The van der Waals surface area contributed by atoms with Crippen LogP contribution in [0.2, 0.25) is 10.0 Å². The molecule has 1 heterocycles. The lowest BCUT2D eigenvalue weighted by molar-refractivity contribution is -0.113. The maximum atomic E-state index is 13.0. The number of thioether (sulfide) groups is 2. The van der Waals surface area contributed by atoms with Crippen LogP contribution in [0.15, 0.2) is 60.3 Å². The van der Waals surface area contributed by atoms with E-state index >= 15 is 0 Å². The lowest BCUT2D eigenvalue weighted by Crippen LogP contribution is -2.14. The molecule has 1 N–H and O–H groups in total. The van der Waals surface area contributed by atoms with Crippen molar-refractivity contribution in [1.29, 1.82) is 0 Å². The largest absolute Gasteiger partial charge is 0.325 e. The molecule has 0 aliphatic carbocycles. The van der Waals surface area contributed by atoms with Crippen LogP contribution in [-0.4, -0.2) is 26.4 Å². The van der Waals surface area contributed by atoms with Gasteiger partial charge in [0.05, 0.1) is 11.5 Å². The van der Waals surface area contributed by atoms with Crippen molar-refractivity contribution >= 4 is 58.3 Å². The van der Waals surface area contributed by atoms with Gasteiger partial charge in [-0.3, -0.25) is 4.79 Å². The van der Waals surface area contributed by atoms with Gasteiger partial charge >= 0.3 is 0 Å². The molecule has 5 nitrogen and oxygen atoms in total. The summed E-state index contributed by atoms with van der Waals surface area (Å²) in [5.41, 5.74) is 1.57. The Labute approximate surface area is 198 Å². The molecule has 0 aliphatic rings. The molecule has 31 heavy (non-hydrogen) atoms. The number of aromatic nitrogens is 3. The molecule has 0 fully saturated rings. The lowest BCUT2D eigenvalue weighted by atomic mass is 10.2. The standard InChI is InChI=1S/C21H19Cl2FN4OS2/c1-2-7-28-19(12-30-11-14-3-5-17(24)6-4-14)26-27-21(28)31-13-20(29)25-18-9-15(22)8-16(23)10-18/h2-6,8-10H,1,7,11-13H2,(H,25,29). The quantitative estimate of drug-likeness (QED) is 0.272. The van der Waals surface area contributed by atoms with Crippen molar-refractivity contribution in [3.63, 3.8) is 0 Å². The third-order valence-electron chi connectivity index (χ3n) is 4.00. The molecule has 0 saturated heterocycles. The predicted octanol–water partition coefficient (Wildman–Crippen LogP) is 6.07. The summed E-state index contributed by atoms with van der Waals surface area (Å²) in [6.07, 6.45) is 1.76. The summed E-state index contributed by atoms with van der Waals surface area (Å²) in [4.78, 5) is 12.3. The van der Waals surface area contributed by atoms with Gasteiger partial charge in [-0.1, -0.05) is 53.2 Å². The Kier molecular flexibility index (Phi) is 8.83. The van der Waals surface area contributed by atoms with E-state index in [4.69, 9.17) is 23.2 Å². The topological polar surface area (TPSA) is 59.8 Å². The number of carbonyl (C=O) groups excluding carboxylic acids is 1. The van der Waals surface area contributed by atoms with Crippen LogP contribution < -0.4 is 5.32 Å². The van der Waals surface area contributed by atoms with E-state index < -0.39 is 0 Å². The highest BCUT2D eigenvalue weighted by Gasteiger charge is 2.14. The zero-order chi connectivity index (χ0) is 22.2. The van der Waals surface area contributed by atoms with Gasteiger partial charge in [-0.25, -0.2) is 4.39 Å². The smallest absolute Gasteiger partial charge is 0.234 e. The number of hydrogen-bond acceptors (Lipinski definition) is 5. The van der Waals surface area contributed by atoms with Crippen LogP contribution in [0.1, 0.15) is 11.4 Å². The van der Waals surface area contributed by atoms with Crippen LogP contribution in [0.3, 0.4) is 0 Å². The maximum Gasteiger partial charge on any atom is 0.234 e. The van der Waals surface area contributed by atoms with Gasteiger partial charge in [-0.05, 0) is 35.9 Å². The summed E-state index contributed by atoms with van der Waals surface area (Å²) in [6, 6.07) is 11.3. The molecule has 0 aliphatic heterocycles. The van der Waals surface area contributed by atoms with Gasteiger partial charge in [0.25, 0.3) is 0 Å². The molecular formula is C21H19Cl2FN4OS2. The van der Waals surface area contributed by atoms with Crippen LogP contribution in [0, 0.1) is 5.82 Å². The van der Waals surface area contributed by atoms with Crippen molar-refractivity contribution in [1.82, 2.24) is 14.8 Å². The fourth-order valence-electron chi connectivity index (χ4n) is 2.64. The summed E-state index contributed by atoms with van der Waals surface area (Å²) >= 11 is 14.9.